The van der Waals surface area contributed by atoms with Gasteiger partial charge in [0.15, 0.2) is 0 Å². The maximum absolute atomic E-state index is 6.00. The average molecular weight is 259 g/mol. The molecule has 0 fully saturated rings. The highest BCUT2D eigenvalue weighted by Crippen LogP contribution is 2.27. The number of aromatic nitrogens is 1. The van der Waals surface area contributed by atoms with Crippen molar-refractivity contribution >= 4 is 17.3 Å². The Labute approximate surface area is 112 Å². The van der Waals surface area contributed by atoms with E-state index in [1.165, 1.54) is 16.8 Å². The molecule has 0 bridgehead atoms. The van der Waals surface area contributed by atoms with Crippen molar-refractivity contribution < 1.29 is 0 Å². The lowest BCUT2D eigenvalue weighted by Gasteiger charge is -2.31. The van der Waals surface area contributed by atoms with E-state index < -0.39 is 0 Å². The van der Waals surface area contributed by atoms with Gasteiger partial charge in [-0.3, -0.25) is 4.98 Å². The van der Waals surface area contributed by atoms with Crippen LogP contribution >= 0.6 is 11.6 Å². The molecule has 0 saturated heterocycles. The normalized spacial score (nSPS) is 14.4. The van der Waals surface area contributed by atoms with Gasteiger partial charge in [0.2, 0.25) is 0 Å². The molecule has 1 aromatic heterocycles. The molecule has 2 aromatic rings. The van der Waals surface area contributed by atoms with Crippen LogP contribution < -0.4 is 4.90 Å². The molecule has 0 spiro atoms. The topological polar surface area (TPSA) is 16.1 Å². The van der Waals surface area contributed by atoms with E-state index >= 15 is 0 Å². The number of rotatable bonds is 2. The first-order valence-corrected chi connectivity index (χ1v) is 6.72. The highest BCUT2D eigenvalue weighted by atomic mass is 35.5. The molecular formula is C15H15ClN2. The molecule has 2 nitrogen and oxygen atoms in total. The van der Waals surface area contributed by atoms with Gasteiger partial charge in [0.05, 0.1) is 11.9 Å². The molecule has 1 aliphatic heterocycles. The summed E-state index contributed by atoms with van der Waals surface area (Å²) in [4.78, 5) is 6.59. The second-order valence-electron chi connectivity index (χ2n) is 4.58. The Morgan fingerprint density at radius 3 is 2.83 bits per heavy atom. The highest BCUT2D eigenvalue weighted by Gasteiger charge is 2.17. The van der Waals surface area contributed by atoms with E-state index in [1.807, 2.05) is 12.3 Å². The zero-order chi connectivity index (χ0) is 12.4. The van der Waals surface area contributed by atoms with Crippen molar-refractivity contribution in [3.63, 3.8) is 0 Å². The minimum atomic E-state index is 0.538. The minimum Gasteiger partial charge on any atom is -0.365 e. The lowest BCUT2D eigenvalue weighted by molar-refractivity contribution is 0.727. The maximum Gasteiger partial charge on any atom is 0.0600 e. The molecule has 0 unspecified atom stereocenters. The van der Waals surface area contributed by atoms with Gasteiger partial charge in [-0.2, -0.15) is 0 Å². The van der Waals surface area contributed by atoms with Gasteiger partial charge in [0.25, 0.3) is 0 Å². The van der Waals surface area contributed by atoms with Gasteiger partial charge < -0.3 is 4.90 Å². The molecule has 0 atom stereocenters. The first-order valence-electron chi connectivity index (χ1n) is 6.19. The molecule has 1 aliphatic rings. The predicted molar refractivity (Wildman–Crippen MR) is 75.0 cm³/mol. The fraction of sp³-hybridized carbons (Fsp3) is 0.267. The van der Waals surface area contributed by atoms with Crippen molar-refractivity contribution in [1.82, 2.24) is 4.98 Å². The molecule has 1 aromatic carbocycles. The number of anilines is 1. The number of alkyl halides is 1. The SMILES string of the molecule is ClCc1ccncc1N1CCc2ccccc2C1. The molecule has 3 rings (SSSR count). The number of halogens is 1. The van der Waals surface area contributed by atoms with Crippen LogP contribution in [0.3, 0.4) is 0 Å². The number of pyridine rings is 1. The maximum atomic E-state index is 6.00. The van der Waals surface area contributed by atoms with Crippen LogP contribution in [0.15, 0.2) is 42.7 Å². The smallest absolute Gasteiger partial charge is 0.0600 e. The van der Waals surface area contributed by atoms with E-state index in [2.05, 4.69) is 34.1 Å². The third-order valence-corrected chi connectivity index (χ3v) is 3.79. The van der Waals surface area contributed by atoms with Crippen molar-refractivity contribution in [3.8, 4) is 0 Å². The van der Waals surface area contributed by atoms with Crippen molar-refractivity contribution in [2.45, 2.75) is 18.8 Å². The molecule has 2 heterocycles. The van der Waals surface area contributed by atoms with Gasteiger partial charge in [-0.1, -0.05) is 24.3 Å². The minimum absolute atomic E-state index is 0.538. The largest absolute Gasteiger partial charge is 0.365 e. The summed E-state index contributed by atoms with van der Waals surface area (Å²) < 4.78 is 0. The van der Waals surface area contributed by atoms with E-state index in [-0.39, 0.29) is 0 Å². The van der Waals surface area contributed by atoms with Gasteiger partial charge in [0.1, 0.15) is 0 Å². The molecule has 3 heteroatoms. The molecule has 0 radical (unpaired) electrons. The summed E-state index contributed by atoms with van der Waals surface area (Å²) in [6, 6.07) is 10.6. The summed E-state index contributed by atoms with van der Waals surface area (Å²) in [6.07, 6.45) is 4.82. The van der Waals surface area contributed by atoms with Gasteiger partial charge in [0, 0.05) is 25.2 Å². The summed E-state index contributed by atoms with van der Waals surface area (Å²) in [7, 11) is 0. The zero-order valence-corrected chi connectivity index (χ0v) is 10.9. The van der Waals surface area contributed by atoms with Crippen LogP contribution in [0.25, 0.3) is 0 Å². The number of fused-ring (bicyclic) bond motifs is 1. The van der Waals surface area contributed by atoms with E-state index in [0.717, 1.165) is 25.1 Å². The van der Waals surface area contributed by atoms with Gasteiger partial charge in [-0.25, -0.2) is 0 Å². The Kier molecular flexibility index (Phi) is 3.20. The van der Waals surface area contributed by atoms with E-state index in [4.69, 9.17) is 11.6 Å². The van der Waals surface area contributed by atoms with Crippen molar-refractivity contribution in [2.75, 3.05) is 11.4 Å². The van der Waals surface area contributed by atoms with Crippen LogP contribution in [0.2, 0.25) is 0 Å². The van der Waals surface area contributed by atoms with Crippen LogP contribution in [0, 0.1) is 0 Å². The monoisotopic (exact) mass is 258 g/mol. The molecule has 92 valence electrons. The second kappa shape index (κ2) is 4.99. The van der Waals surface area contributed by atoms with Gasteiger partial charge in [-0.15, -0.1) is 11.6 Å². The van der Waals surface area contributed by atoms with E-state index in [0.29, 0.717) is 5.88 Å². The van der Waals surface area contributed by atoms with Crippen LogP contribution in [0.1, 0.15) is 16.7 Å². The Morgan fingerprint density at radius 2 is 2.00 bits per heavy atom. The van der Waals surface area contributed by atoms with Crippen molar-refractivity contribution in [3.05, 3.63) is 59.4 Å². The van der Waals surface area contributed by atoms with E-state index in [9.17, 15) is 0 Å². The third kappa shape index (κ3) is 2.08. The summed E-state index contributed by atoms with van der Waals surface area (Å²) in [5.74, 6) is 0.538. The number of nitrogens with zero attached hydrogens (tertiary/aromatic N) is 2. The number of hydrogen-bond acceptors (Lipinski definition) is 2. The van der Waals surface area contributed by atoms with Crippen LogP contribution in [-0.2, 0) is 18.8 Å². The number of hydrogen-bond donors (Lipinski definition) is 0. The van der Waals surface area contributed by atoms with Crippen molar-refractivity contribution in [2.24, 2.45) is 0 Å². The Hall–Kier alpha value is -1.54. The zero-order valence-electron chi connectivity index (χ0n) is 10.1. The van der Waals surface area contributed by atoms with Crippen LogP contribution in [0.4, 0.5) is 5.69 Å². The summed E-state index contributed by atoms with van der Waals surface area (Å²) in [6.45, 7) is 1.98. The Bertz CT molecular complexity index is 554. The third-order valence-electron chi connectivity index (χ3n) is 3.50. The average Bonchev–Trinajstić information content (AvgIpc) is 2.46. The molecule has 0 saturated carbocycles. The predicted octanol–water partition coefficient (Wildman–Crippen LogP) is 3.38. The van der Waals surface area contributed by atoms with Gasteiger partial charge in [-0.05, 0) is 29.2 Å². The number of benzene rings is 1. The standard InChI is InChI=1S/C15H15ClN2/c16-9-13-5-7-17-10-15(13)18-8-6-12-3-1-2-4-14(12)11-18/h1-5,7,10H,6,8-9,11H2. The van der Waals surface area contributed by atoms with Gasteiger partial charge >= 0.3 is 0 Å². The second-order valence-corrected chi connectivity index (χ2v) is 4.85. The molecule has 0 N–H and O–H groups in total. The fourth-order valence-corrected chi connectivity index (χ4v) is 2.74. The van der Waals surface area contributed by atoms with Crippen molar-refractivity contribution in [1.29, 1.82) is 0 Å². The molecule has 0 aliphatic carbocycles. The lowest BCUT2D eigenvalue weighted by Crippen LogP contribution is -2.31. The molecule has 0 amide bonds. The fourth-order valence-electron chi connectivity index (χ4n) is 2.51. The first kappa shape index (κ1) is 11.5. The quantitative estimate of drug-likeness (QED) is 0.768. The summed E-state index contributed by atoms with van der Waals surface area (Å²) >= 11 is 6.00. The highest BCUT2D eigenvalue weighted by molar-refractivity contribution is 6.17. The summed E-state index contributed by atoms with van der Waals surface area (Å²) in [5, 5.41) is 0. The lowest BCUT2D eigenvalue weighted by atomic mass is 9.99. The molecular weight excluding hydrogens is 244 g/mol. The Morgan fingerprint density at radius 1 is 1.17 bits per heavy atom. The first-order chi connectivity index (χ1) is 8.88. The summed E-state index contributed by atoms with van der Waals surface area (Å²) in [5.41, 5.74) is 5.20. The van der Waals surface area contributed by atoms with E-state index in [1.54, 1.807) is 6.20 Å². The van der Waals surface area contributed by atoms with Crippen LogP contribution in [-0.4, -0.2) is 11.5 Å². The Balaban J connectivity index is 1.92. The molecule has 18 heavy (non-hydrogen) atoms. The van der Waals surface area contributed by atoms with Crippen LogP contribution in [0.5, 0.6) is 0 Å².